The summed E-state index contributed by atoms with van der Waals surface area (Å²) in [6, 6.07) is 6.01. The van der Waals surface area contributed by atoms with E-state index in [2.05, 4.69) is 19.7 Å². The Kier molecular flexibility index (Phi) is 2.61. The van der Waals surface area contributed by atoms with Gasteiger partial charge in [-0.05, 0) is 26.0 Å². The molecular weight excluding hydrogens is 228 g/mol. The number of hydrogen-bond donors (Lipinski definition) is 1. The Labute approximate surface area is 105 Å². The maximum Gasteiger partial charge on any atom is 0.182 e. The van der Waals surface area contributed by atoms with E-state index < -0.39 is 0 Å². The summed E-state index contributed by atoms with van der Waals surface area (Å²) in [5.74, 6) is 7.63. The zero-order valence-electron chi connectivity index (χ0n) is 10.5. The van der Waals surface area contributed by atoms with E-state index in [1.54, 1.807) is 5.01 Å². The van der Waals surface area contributed by atoms with Crippen molar-refractivity contribution in [1.29, 1.82) is 0 Å². The molecule has 0 fully saturated rings. The molecule has 0 bridgehead atoms. The Hall–Kier alpha value is -1.79. The number of nitrogens with zero attached hydrogens (tertiary/aromatic N) is 5. The van der Waals surface area contributed by atoms with Crippen molar-refractivity contribution >= 4 is 0 Å². The van der Waals surface area contributed by atoms with Gasteiger partial charge in [0.25, 0.3) is 0 Å². The van der Waals surface area contributed by atoms with Crippen LogP contribution in [-0.4, -0.2) is 31.3 Å². The number of fused-ring (bicyclic) bond motifs is 1. The fourth-order valence-corrected chi connectivity index (χ4v) is 2.26. The van der Waals surface area contributed by atoms with Crippen LogP contribution in [0.2, 0.25) is 0 Å². The molecule has 1 aliphatic heterocycles. The first-order chi connectivity index (χ1) is 8.66. The molecule has 0 amide bonds. The highest BCUT2D eigenvalue weighted by Crippen LogP contribution is 2.25. The van der Waals surface area contributed by atoms with Crippen molar-refractivity contribution in [3.05, 3.63) is 29.7 Å². The van der Waals surface area contributed by atoms with Crippen LogP contribution in [0, 0.1) is 6.92 Å². The molecule has 0 aliphatic carbocycles. The molecule has 0 aromatic carbocycles. The van der Waals surface area contributed by atoms with E-state index in [0.29, 0.717) is 0 Å². The van der Waals surface area contributed by atoms with Gasteiger partial charge < -0.3 is 4.57 Å². The molecule has 1 atom stereocenters. The lowest BCUT2D eigenvalue weighted by Gasteiger charge is -2.29. The third-order valence-corrected chi connectivity index (χ3v) is 3.35. The van der Waals surface area contributed by atoms with E-state index in [9.17, 15) is 0 Å². The number of aromatic nitrogens is 4. The van der Waals surface area contributed by atoms with Crippen molar-refractivity contribution in [1.82, 2.24) is 24.8 Å². The Balaban J connectivity index is 2.08. The molecular formula is C12H16N6. The lowest BCUT2D eigenvalue weighted by atomic mass is 10.2. The summed E-state index contributed by atoms with van der Waals surface area (Å²) in [5, 5.41) is 10.3. The van der Waals surface area contributed by atoms with Crippen molar-refractivity contribution in [2.75, 3.05) is 6.54 Å². The SMILES string of the molecule is Cc1cccc(-c2nnc3n2CCN(N)[C@H]3C)n1. The Morgan fingerprint density at radius 2 is 2.11 bits per heavy atom. The van der Waals surface area contributed by atoms with Crippen LogP contribution in [0.5, 0.6) is 0 Å². The molecule has 94 valence electrons. The number of hydrogen-bond acceptors (Lipinski definition) is 5. The largest absolute Gasteiger partial charge is 0.307 e. The van der Waals surface area contributed by atoms with Gasteiger partial charge >= 0.3 is 0 Å². The lowest BCUT2D eigenvalue weighted by molar-refractivity contribution is 0.168. The predicted molar refractivity (Wildman–Crippen MR) is 67.3 cm³/mol. The Morgan fingerprint density at radius 1 is 1.28 bits per heavy atom. The highest BCUT2D eigenvalue weighted by atomic mass is 15.5. The summed E-state index contributed by atoms with van der Waals surface area (Å²) in [4.78, 5) is 4.50. The van der Waals surface area contributed by atoms with Gasteiger partial charge in [0, 0.05) is 18.8 Å². The second-order valence-electron chi connectivity index (χ2n) is 4.61. The highest BCUT2D eigenvalue weighted by Gasteiger charge is 2.26. The highest BCUT2D eigenvalue weighted by molar-refractivity contribution is 5.50. The molecule has 0 saturated heterocycles. The molecule has 6 heteroatoms. The molecule has 0 spiro atoms. The molecule has 3 rings (SSSR count). The molecule has 1 aliphatic rings. The Morgan fingerprint density at radius 3 is 2.89 bits per heavy atom. The van der Waals surface area contributed by atoms with Crippen LogP contribution in [0.3, 0.4) is 0 Å². The van der Waals surface area contributed by atoms with Crippen molar-refractivity contribution in [2.45, 2.75) is 26.4 Å². The number of aryl methyl sites for hydroxylation is 1. The molecule has 3 heterocycles. The zero-order valence-corrected chi connectivity index (χ0v) is 10.5. The fraction of sp³-hybridized carbons (Fsp3) is 0.417. The standard InChI is InChI=1S/C12H16N6/c1-8-4-3-5-10(14-8)12-16-15-11-9(2)18(13)7-6-17(11)12/h3-5,9H,6-7,13H2,1-2H3/t9-/m0/s1. The van der Waals surface area contributed by atoms with Gasteiger partial charge in [-0.3, -0.25) is 5.84 Å². The zero-order chi connectivity index (χ0) is 12.7. The summed E-state index contributed by atoms with van der Waals surface area (Å²) in [6.07, 6.45) is 0. The van der Waals surface area contributed by atoms with E-state index in [1.807, 2.05) is 32.0 Å². The van der Waals surface area contributed by atoms with E-state index >= 15 is 0 Å². The van der Waals surface area contributed by atoms with Gasteiger partial charge in [-0.2, -0.15) is 0 Å². The average Bonchev–Trinajstić information content (AvgIpc) is 2.78. The number of nitrogens with two attached hydrogens (primary N) is 1. The quantitative estimate of drug-likeness (QED) is 0.754. The van der Waals surface area contributed by atoms with Crippen molar-refractivity contribution in [3.63, 3.8) is 0 Å². The first-order valence-electron chi connectivity index (χ1n) is 6.05. The van der Waals surface area contributed by atoms with Crippen molar-refractivity contribution < 1.29 is 0 Å². The maximum atomic E-state index is 5.90. The minimum Gasteiger partial charge on any atom is -0.307 e. The predicted octanol–water partition coefficient (Wildman–Crippen LogP) is 0.899. The molecule has 0 unspecified atom stereocenters. The van der Waals surface area contributed by atoms with Gasteiger partial charge in [-0.25, -0.2) is 9.99 Å². The fourth-order valence-electron chi connectivity index (χ4n) is 2.26. The summed E-state index contributed by atoms with van der Waals surface area (Å²) in [6.45, 7) is 5.60. The van der Waals surface area contributed by atoms with E-state index in [4.69, 9.17) is 5.84 Å². The van der Waals surface area contributed by atoms with Gasteiger partial charge in [0.2, 0.25) is 0 Å². The second kappa shape index (κ2) is 4.15. The van der Waals surface area contributed by atoms with Gasteiger partial charge in [0.1, 0.15) is 5.69 Å². The van der Waals surface area contributed by atoms with Crippen molar-refractivity contribution in [2.24, 2.45) is 5.84 Å². The van der Waals surface area contributed by atoms with Crippen LogP contribution >= 0.6 is 0 Å². The molecule has 2 aromatic rings. The monoisotopic (exact) mass is 244 g/mol. The first kappa shape index (κ1) is 11.3. The summed E-state index contributed by atoms with van der Waals surface area (Å²) in [5.41, 5.74) is 1.85. The topological polar surface area (TPSA) is 72.9 Å². The van der Waals surface area contributed by atoms with Crippen LogP contribution in [0.15, 0.2) is 18.2 Å². The minimum absolute atomic E-state index is 0.0878. The van der Waals surface area contributed by atoms with E-state index in [-0.39, 0.29) is 6.04 Å². The number of pyridine rings is 1. The number of hydrazine groups is 1. The van der Waals surface area contributed by atoms with E-state index in [0.717, 1.165) is 36.1 Å². The smallest absolute Gasteiger partial charge is 0.182 e. The second-order valence-corrected chi connectivity index (χ2v) is 4.61. The van der Waals surface area contributed by atoms with Gasteiger partial charge in [0.05, 0.1) is 6.04 Å². The normalized spacial score (nSPS) is 19.8. The third kappa shape index (κ3) is 1.70. The molecule has 6 nitrogen and oxygen atoms in total. The van der Waals surface area contributed by atoms with Crippen LogP contribution in [-0.2, 0) is 6.54 Å². The molecule has 2 N–H and O–H groups in total. The molecule has 2 aromatic heterocycles. The average molecular weight is 244 g/mol. The van der Waals surface area contributed by atoms with Crippen LogP contribution < -0.4 is 5.84 Å². The summed E-state index contributed by atoms with van der Waals surface area (Å²) >= 11 is 0. The van der Waals surface area contributed by atoms with E-state index in [1.165, 1.54) is 0 Å². The van der Waals surface area contributed by atoms with Crippen LogP contribution in [0.4, 0.5) is 0 Å². The lowest BCUT2D eigenvalue weighted by Crippen LogP contribution is -2.41. The van der Waals surface area contributed by atoms with Gasteiger partial charge in [0.15, 0.2) is 11.6 Å². The minimum atomic E-state index is 0.0878. The third-order valence-electron chi connectivity index (χ3n) is 3.35. The molecule has 0 radical (unpaired) electrons. The van der Waals surface area contributed by atoms with Gasteiger partial charge in [-0.15, -0.1) is 10.2 Å². The Bertz CT molecular complexity index is 576. The first-order valence-corrected chi connectivity index (χ1v) is 6.05. The number of rotatable bonds is 1. The van der Waals surface area contributed by atoms with Crippen LogP contribution in [0.1, 0.15) is 24.5 Å². The molecule has 0 saturated carbocycles. The summed E-state index contributed by atoms with van der Waals surface area (Å²) in [7, 11) is 0. The van der Waals surface area contributed by atoms with Crippen LogP contribution in [0.25, 0.3) is 11.5 Å². The van der Waals surface area contributed by atoms with Crippen molar-refractivity contribution in [3.8, 4) is 11.5 Å². The maximum absolute atomic E-state index is 5.90. The molecule has 18 heavy (non-hydrogen) atoms. The van der Waals surface area contributed by atoms with Gasteiger partial charge in [-0.1, -0.05) is 6.07 Å². The summed E-state index contributed by atoms with van der Waals surface area (Å²) < 4.78 is 2.11.